The molecule has 2 aromatic rings. The Kier molecular flexibility index (Phi) is 11.6. The zero-order valence-corrected chi connectivity index (χ0v) is 25.0. The molecular formula is C28H35Cl2F2N3O4S. The Labute approximate surface area is 244 Å². The quantitative estimate of drug-likeness (QED) is 0.313. The van der Waals surface area contributed by atoms with Crippen molar-refractivity contribution in [3.05, 3.63) is 63.6 Å². The molecule has 3 rings (SSSR count). The first-order chi connectivity index (χ1) is 18.9. The molecule has 0 saturated heterocycles. The molecule has 0 bridgehead atoms. The predicted molar refractivity (Wildman–Crippen MR) is 154 cm³/mol. The first kappa shape index (κ1) is 32.1. The van der Waals surface area contributed by atoms with Crippen LogP contribution >= 0.6 is 23.2 Å². The number of hydrogen-bond donors (Lipinski definition) is 1. The SMILES string of the molecule is CCC(C(=O)NC1CCCCC1)N(Cc1ccc(Cl)cc1Cl)C(=O)CCCN(c1ccc(F)c(F)c1)S(C)(=O)=O. The van der Waals surface area contributed by atoms with Gasteiger partial charge in [0.2, 0.25) is 21.8 Å². The van der Waals surface area contributed by atoms with Crippen molar-refractivity contribution >= 4 is 50.7 Å². The van der Waals surface area contributed by atoms with Crippen LogP contribution in [0.25, 0.3) is 0 Å². The van der Waals surface area contributed by atoms with Crippen LogP contribution in [0.5, 0.6) is 0 Å². The summed E-state index contributed by atoms with van der Waals surface area (Å²) in [5.41, 5.74) is 0.569. The average molecular weight is 619 g/mol. The minimum Gasteiger partial charge on any atom is -0.352 e. The third-order valence-electron chi connectivity index (χ3n) is 7.04. The van der Waals surface area contributed by atoms with Crippen LogP contribution < -0.4 is 9.62 Å². The number of hydrogen-bond acceptors (Lipinski definition) is 4. The summed E-state index contributed by atoms with van der Waals surface area (Å²) in [7, 11) is -3.85. The van der Waals surface area contributed by atoms with Gasteiger partial charge >= 0.3 is 0 Å². The molecule has 0 heterocycles. The van der Waals surface area contributed by atoms with Crippen molar-refractivity contribution in [3.8, 4) is 0 Å². The maximum atomic E-state index is 13.8. The van der Waals surface area contributed by atoms with E-state index in [0.717, 1.165) is 54.8 Å². The molecule has 1 saturated carbocycles. The van der Waals surface area contributed by atoms with E-state index < -0.39 is 27.7 Å². The summed E-state index contributed by atoms with van der Waals surface area (Å²) in [6, 6.07) is 7.03. The number of nitrogens with one attached hydrogen (secondary N) is 1. The van der Waals surface area contributed by atoms with Crippen molar-refractivity contribution in [3.63, 3.8) is 0 Å². The van der Waals surface area contributed by atoms with Gasteiger partial charge in [0.25, 0.3) is 0 Å². The van der Waals surface area contributed by atoms with Crippen LogP contribution in [0.1, 0.15) is 63.9 Å². The molecule has 1 unspecified atom stereocenters. The molecular weight excluding hydrogens is 583 g/mol. The normalized spacial score (nSPS) is 14.9. The predicted octanol–water partition coefficient (Wildman–Crippen LogP) is 6.07. The number of carbonyl (C=O) groups excluding carboxylic acids is 2. The van der Waals surface area contributed by atoms with E-state index in [0.29, 0.717) is 22.0 Å². The van der Waals surface area contributed by atoms with Gasteiger partial charge in [-0.2, -0.15) is 0 Å². The van der Waals surface area contributed by atoms with Crippen molar-refractivity contribution in [2.45, 2.75) is 76.9 Å². The number of amides is 2. The molecule has 0 spiro atoms. The molecule has 0 radical (unpaired) electrons. The number of anilines is 1. The summed E-state index contributed by atoms with van der Waals surface area (Å²) < 4.78 is 53.0. The molecule has 40 heavy (non-hydrogen) atoms. The van der Waals surface area contributed by atoms with E-state index in [9.17, 15) is 26.8 Å². The molecule has 1 fully saturated rings. The zero-order valence-electron chi connectivity index (χ0n) is 22.6. The molecule has 7 nitrogen and oxygen atoms in total. The second kappa shape index (κ2) is 14.5. The second-order valence-corrected chi connectivity index (χ2v) is 12.8. The van der Waals surface area contributed by atoms with Crippen LogP contribution in [0.4, 0.5) is 14.5 Å². The van der Waals surface area contributed by atoms with Gasteiger partial charge in [-0.15, -0.1) is 0 Å². The molecule has 220 valence electrons. The minimum atomic E-state index is -3.85. The highest BCUT2D eigenvalue weighted by atomic mass is 35.5. The standard InChI is InChI=1S/C28H35Cl2F2N3O4S/c1-3-26(28(37)33-21-8-5-4-6-9-21)34(18-19-11-12-20(29)16-23(19)30)27(36)10-7-15-35(40(2,38)39)22-13-14-24(31)25(32)17-22/h11-14,16-17,21,26H,3-10,15,18H2,1-2H3,(H,33,37). The van der Waals surface area contributed by atoms with Crippen molar-refractivity contribution in [2.24, 2.45) is 0 Å². The highest BCUT2D eigenvalue weighted by molar-refractivity contribution is 7.92. The van der Waals surface area contributed by atoms with Crippen molar-refractivity contribution in [2.75, 3.05) is 17.1 Å². The number of sulfonamides is 1. The van der Waals surface area contributed by atoms with Crippen LogP contribution in [-0.4, -0.2) is 50.0 Å². The van der Waals surface area contributed by atoms with Crippen LogP contribution in [0.2, 0.25) is 10.0 Å². The van der Waals surface area contributed by atoms with E-state index in [1.807, 2.05) is 6.92 Å². The number of nitrogens with zero attached hydrogens (tertiary/aromatic N) is 2. The van der Waals surface area contributed by atoms with Crippen LogP contribution in [0, 0.1) is 11.6 Å². The lowest BCUT2D eigenvalue weighted by atomic mass is 9.95. The molecule has 2 amide bonds. The zero-order chi connectivity index (χ0) is 29.4. The molecule has 1 atom stereocenters. The van der Waals surface area contributed by atoms with Gasteiger partial charge in [-0.1, -0.05) is 55.5 Å². The number of rotatable bonds is 12. The smallest absolute Gasteiger partial charge is 0.243 e. The first-order valence-electron chi connectivity index (χ1n) is 13.4. The summed E-state index contributed by atoms with van der Waals surface area (Å²) in [4.78, 5) is 28.4. The summed E-state index contributed by atoms with van der Waals surface area (Å²) >= 11 is 12.4. The monoisotopic (exact) mass is 617 g/mol. The van der Waals surface area contributed by atoms with Gasteiger partial charge < -0.3 is 10.2 Å². The lowest BCUT2D eigenvalue weighted by Crippen LogP contribution is -2.51. The van der Waals surface area contributed by atoms with E-state index in [2.05, 4.69) is 5.32 Å². The molecule has 0 aliphatic heterocycles. The summed E-state index contributed by atoms with van der Waals surface area (Å²) in [5, 5.41) is 3.89. The summed E-state index contributed by atoms with van der Waals surface area (Å²) in [6.07, 6.45) is 6.31. The molecule has 0 aromatic heterocycles. The topological polar surface area (TPSA) is 86.8 Å². The number of halogens is 4. The highest BCUT2D eigenvalue weighted by Crippen LogP contribution is 2.26. The second-order valence-electron chi connectivity index (χ2n) is 10.1. The van der Waals surface area contributed by atoms with Gasteiger partial charge in [0.1, 0.15) is 6.04 Å². The fourth-order valence-corrected chi connectivity index (χ4v) is 6.37. The van der Waals surface area contributed by atoms with Crippen LogP contribution in [0.3, 0.4) is 0 Å². The maximum absolute atomic E-state index is 13.8. The lowest BCUT2D eigenvalue weighted by molar-refractivity contribution is -0.141. The van der Waals surface area contributed by atoms with Gasteiger partial charge in [0, 0.05) is 41.7 Å². The maximum Gasteiger partial charge on any atom is 0.243 e. The largest absolute Gasteiger partial charge is 0.352 e. The average Bonchev–Trinajstić information content (AvgIpc) is 2.89. The van der Waals surface area contributed by atoms with Gasteiger partial charge in [-0.3, -0.25) is 13.9 Å². The molecule has 1 aliphatic carbocycles. The third-order valence-corrected chi connectivity index (χ3v) is 8.82. The van der Waals surface area contributed by atoms with E-state index in [4.69, 9.17) is 23.2 Å². The fourth-order valence-electron chi connectivity index (χ4n) is 4.94. The first-order valence-corrected chi connectivity index (χ1v) is 16.0. The Morgan fingerprint density at radius 2 is 1.75 bits per heavy atom. The van der Waals surface area contributed by atoms with E-state index >= 15 is 0 Å². The minimum absolute atomic E-state index is 0.0445. The Balaban J connectivity index is 1.79. The van der Waals surface area contributed by atoms with E-state index in [1.54, 1.807) is 18.2 Å². The highest BCUT2D eigenvalue weighted by Gasteiger charge is 2.31. The van der Waals surface area contributed by atoms with Crippen LogP contribution in [0.15, 0.2) is 36.4 Å². The molecule has 12 heteroatoms. The Morgan fingerprint density at radius 3 is 2.35 bits per heavy atom. The van der Waals surface area contributed by atoms with Crippen molar-refractivity contribution in [1.82, 2.24) is 10.2 Å². The Hall–Kier alpha value is -2.43. The Morgan fingerprint density at radius 1 is 1.05 bits per heavy atom. The van der Waals surface area contributed by atoms with Crippen LogP contribution in [-0.2, 0) is 26.2 Å². The molecule has 1 aliphatic rings. The van der Waals surface area contributed by atoms with Crippen molar-refractivity contribution in [1.29, 1.82) is 0 Å². The molecule has 1 N–H and O–H groups in total. The van der Waals surface area contributed by atoms with Gasteiger partial charge in [-0.25, -0.2) is 17.2 Å². The Bertz CT molecular complexity index is 1310. The van der Waals surface area contributed by atoms with Gasteiger partial charge in [-0.05, 0) is 55.5 Å². The molecule has 2 aromatic carbocycles. The third kappa shape index (κ3) is 8.78. The number of carbonyl (C=O) groups is 2. The summed E-state index contributed by atoms with van der Waals surface area (Å²) in [5.74, 6) is -2.88. The number of benzene rings is 2. The summed E-state index contributed by atoms with van der Waals surface area (Å²) in [6.45, 7) is 1.74. The van der Waals surface area contributed by atoms with E-state index in [-0.39, 0.29) is 49.5 Å². The van der Waals surface area contributed by atoms with Gasteiger partial charge in [0.05, 0.1) is 11.9 Å². The van der Waals surface area contributed by atoms with Crippen molar-refractivity contribution < 1.29 is 26.8 Å². The van der Waals surface area contributed by atoms with E-state index in [1.165, 1.54) is 11.0 Å². The lowest BCUT2D eigenvalue weighted by Gasteiger charge is -2.33. The van der Waals surface area contributed by atoms with Gasteiger partial charge in [0.15, 0.2) is 11.6 Å². The fraction of sp³-hybridized carbons (Fsp3) is 0.500.